The summed E-state index contributed by atoms with van der Waals surface area (Å²) in [7, 11) is 0. The zero-order valence-electron chi connectivity index (χ0n) is 6.03. The van der Waals surface area contributed by atoms with Gasteiger partial charge in [0.25, 0.3) is 0 Å². The first kappa shape index (κ1) is 9.04. The second kappa shape index (κ2) is 4.75. The highest BCUT2D eigenvalue weighted by Crippen LogP contribution is 2.06. The maximum atomic E-state index is 6.37. The van der Waals surface area contributed by atoms with E-state index in [9.17, 15) is 0 Å². The van der Waals surface area contributed by atoms with Crippen LogP contribution in [-0.4, -0.2) is 11.3 Å². The van der Waals surface area contributed by atoms with E-state index < -0.39 is 0 Å². The molecule has 0 aliphatic heterocycles. The van der Waals surface area contributed by atoms with E-state index in [1.807, 2.05) is 12.1 Å². The van der Waals surface area contributed by atoms with Crippen molar-refractivity contribution in [1.29, 1.82) is 5.53 Å². The third-order valence-electron chi connectivity index (χ3n) is 1.07. The summed E-state index contributed by atoms with van der Waals surface area (Å²) < 4.78 is 0.931. The van der Waals surface area contributed by atoms with Gasteiger partial charge in [-0.2, -0.15) is 5.53 Å². The number of pyridine rings is 1. The minimum absolute atomic E-state index is 0.822. The summed E-state index contributed by atoms with van der Waals surface area (Å²) in [6.45, 7) is 0. The fourth-order valence-electron chi connectivity index (χ4n) is 0.593. The second-order valence-corrected chi connectivity index (χ2v) is 2.96. The summed E-state index contributed by atoms with van der Waals surface area (Å²) in [6.07, 6.45) is 3.01. The van der Waals surface area contributed by atoms with Gasteiger partial charge >= 0.3 is 0 Å². The van der Waals surface area contributed by atoms with Gasteiger partial charge in [-0.15, -0.1) is 5.10 Å². The molecule has 12 heavy (non-hydrogen) atoms. The predicted molar refractivity (Wildman–Crippen MR) is 54.2 cm³/mol. The van der Waals surface area contributed by atoms with Gasteiger partial charge in [0.1, 0.15) is 10.0 Å². The van der Waals surface area contributed by atoms with E-state index in [4.69, 9.17) is 5.53 Å². The van der Waals surface area contributed by atoms with Gasteiger partial charge in [-0.1, -0.05) is 5.22 Å². The molecule has 0 saturated carbocycles. The Kier molecular flexibility index (Phi) is 3.58. The molecule has 1 heterocycles. The van der Waals surface area contributed by atoms with Gasteiger partial charge in [0.05, 0.1) is 11.9 Å². The minimum Gasteiger partial charge on any atom is -0.344 e. The average molecular weight is 275 g/mol. The van der Waals surface area contributed by atoms with Crippen LogP contribution in [0, 0.1) is 9.23 Å². The van der Waals surface area contributed by atoms with Gasteiger partial charge in [0.2, 0.25) is 0 Å². The lowest BCUT2D eigenvalue weighted by molar-refractivity contribution is 0.995. The Hall–Kier alpha value is -1.05. The molecule has 0 radical (unpaired) electrons. The molecule has 0 amide bonds. The summed E-state index contributed by atoms with van der Waals surface area (Å²) in [5.41, 5.74) is 7.19. The Morgan fingerprint density at radius 3 is 3.00 bits per heavy atom. The molecule has 0 aromatic carbocycles. The van der Waals surface area contributed by atoms with Crippen LogP contribution in [-0.2, 0) is 0 Å². The number of hydrogen-bond acceptors (Lipinski definition) is 3. The quantitative estimate of drug-likeness (QED) is 0.221. The molecule has 0 saturated heterocycles. The van der Waals surface area contributed by atoms with Crippen molar-refractivity contribution in [1.82, 2.24) is 4.98 Å². The van der Waals surface area contributed by atoms with E-state index in [0.29, 0.717) is 0 Å². The predicted octanol–water partition coefficient (Wildman–Crippen LogP) is 2.07. The van der Waals surface area contributed by atoms with Crippen LogP contribution in [0.4, 0.5) is 5.69 Å². The molecular weight excluding hydrogens is 269 g/mol. The zero-order valence-corrected chi connectivity index (χ0v) is 8.19. The summed E-state index contributed by atoms with van der Waals surface area (Å²) >= 11 is 2.12. The fraction of sp³-hybridized carbons (Fsp3) is 0. The van der Waals surface area contributed by atoms with Crippen LogP contribution in [0.2, 0.25) is 0 Å². The first-order valence-electron chi connectivity index (χ1n) is 3.09. The van der Waals surface area contributed by atoms with Crippen molar-refractivity contribution in [2.75, 3.05) is 5.32 Å². The largest absolute Gasteiger partial charge is 0.344 e. The zero-order chi connectivity index (χ0) is 8.81. The van der Waals surface area contributed by atoms with E-state index in [0.717, 1.165) is 9.39 Å². The number of anilines is 1. The number of nitrogens with zero attached hydrogens (tertiary/aromatic N) is 3. The second-order valence-electron chi connectivity index (χ2n) is 1.86. The molecule has 0 unspecified atom stereocenters. The molecule has 1 rings (SSSR count). The van der Waals surface area contributed by atoms with Crippen LogP contribution in [0.15, 0.2) is 28.7 Å². The van der Waals surface area contributed by atoms with Crippen LogP contribution in [0.3, 0.4) is 0 Å². The van der Waals surface area contributed by atoms with E-state index in [2.05, 4.69) is 43.2 Å². The summed E-state index contributed by atoms with van der Waals surface area (Å²) in [6, 6.07) is 3.74. The van der Waals surface area contributed by atoms with Gasteiger partial charge in [0, 0.05) is 0 Å². The summed E-state index contributed by atoms with van der Waals surface area (Å²) in [4.78, 5) is 4.04. The molecule has 5 nitrogen and oxygen atoms in total. The highest BCUT2D eigenvalue weighted by Gasteiger charge is 1.88. The van der Waals surface area contributed by atoms with E-state index in [-0.39, 0.29) is 0 Å². The number of nitrogens with one attached hydrogen (secondary N) is 2. The molecule has 62 valence electrons. The maximum absolute atomic E-state index is 6.37. The van der Waals surface area contributed by atoms with Crippen molar-refractivity contribution >= 4 is 34.6 Å². The Bertz CT molecular complexity index is 280. The number of halogens is 1. The normalized spacial score (nSPS) is 10.1. The number of rotatable bonds is 3. The smallest absolute Gasteiger partial charge is 0.117 e. The van der Waals surface area contributed by atoms with Crippen LogP contribution in [0.5, 0.6) is 0 Å². The molecule has 0 fully saturated rings. The molecule has 0 aliphatic rings. The van der Waals surface area contributed by atoms with E-state index in [1.165, 1.54) is 6.34 Å². The van der Waals surface area contributed by atoms with Crippen molar-refractivity contribution in [3.05, 3.63) is 22.0 Å². The molecule has 0 aliphatic carbocycles. The SMILES string of the molecule is N=N/N=C\Nc1ccc(I)nc1. The fourth-order valence-corrected chi connectivity index (χ4v) is 0.913. The van der Waals surface area contributed by atoms with Gasteiger partial charge in [0.15, 0.2) is 0 Å². The van der Waals surface area contributed by atoms with Crippen molar-refractivity contribution < 1.29 is 0 Å². The van der Waals surface area contributed by atoms with Crippen LogP contribution in [0.25, 0.3) is 0 Å². The van der Waals surface area contributed by atoms with Gasteiger partial charge in [-0.25, -0.2) is 4.98 Å². The van der Waals surface area contributed by atoms with Gasteiger partial charge in [-0.05, 0) is 34.7 Å². The molecule has 2 N–H and O–H groups in total. The monoisotopic (exact) mass is 275 g/mol. The van der Waals surface area contributed by atoms with Gasteiger partial charge in [-0.3, -0.25) is 0 Å². The highest BCUT2D eigenvalue weighted by atomic mass is 127. The van der Waals surface area contributed by atoms with Crippen molar-refractivity contribution in [3.63, 3.8) is 0 Å². The first-order valence-corrected chi connectivity index (χ1v) is 4.17. The lowest BCUT2D eigenvalue weighted by Gasteiger charge is -1.96. The average Bonchev–Trinajstić information content (AvgIpc) is 2.09. The molecular formula is C6H6IN5. The first-order chi connectivity index (χ1) is 5.83. The molecule has 0 bridgehead atoms. The molecule has 6 heteroatoms. The molecule has 1 aromatic heterocycles. The summed E-state index contributed by atoms with van der Waals surface area (Å²) in [5.74, 6) is 0. The Morgan fingerprint density at radius 1 is 1.58 bits per heavy atom. The standard InChI is InChI=1S/C6H6IN5/c7-6-2-1-5(3-9-6)10-4-11-12-8/h1-4H,(H2,8,10,11). The van der Waals surface area contributed by atoms with Crippen LogP contribution in [0.1, 0.15) is 0 Å². The minimum atomic E-state index is 0.822. The Balaban J connectivity index is 2.58. The van der Waals surface area contributed by atoms with Crippen LogP contribution < -0.4 is 5.32 Å². The number of aromatic nitrogens is 1. The molecule has 1 aromatic rings. The van der Waals surface area contributed by atoms with E-state index >= 15 is 0 Å². The Morgan fingerprint density at radius 2 is 2.42 bits per heavy atom. The van der Waals surface area contributed by atoms with Crippen molar-refractivity contribution in [2.24, 2.45) is 10.3 Å². The topological polar surface area (TPSA) is 73.5 Å². The third-order valence-corrected chi connectivity index (χ3v) is 1.71. The van der Waals surface area contributed by atoms with Crippen LogP contribution >= 0.6 is 22.6 Å². The summed E-state index contributed by atoms with van der Waals surface area (Å²) in [5, 5.41) is 8.92. The van der Waals surface area contributed by atoms with E-state index in [1.54, 1.807) is 6.20 Å². The lowest BCUT2D eigenvalue weighted by Crippen LogP contribution is -1.94. The lowest BCUT2D eigenvalue weighted by atomic mass is 10.4. The highest BCUT2D eigenvalue weighted by molar-refractivity contribution is 14.1. The number of hydrogen-bond donors (Lipinski definition) is 2. The molecule has 0 atom stereocenters. The maximum Gasteiger partial charge on any atom is 0.117 e. The molecule has 0 spiro atoms. The third kappa shape index (κ3) is 2.91. The van der Waals surface area contributed by atoms with Gasteiger partial charge < -0.3 is 5.32 Å². The van der Waals surface area contributed by atoms with Crippen molar-refractivity contribution in [3.8, 4) is 0 Å². The Labute approximate surface area is 82.9 Å². The van der Waals surface area contributed by atoms with Crippen molar-refractivity contribution in [2.45, 2.75) is 0 Å².